The van der Waals surface area contributed by atoms with Crippen molar-refractivity contribution in [2.24, 2.45) is 35.0 Å². The first-order valence-corrected chi connectivity index (χ1v) is 25.1. The van der Waals surface area contributed by atoms with Gasteiger partial charge in [-0.1, -0.05) is 36.4 Å². The van der Waals surface area contributed by atoms with Crippen molar-refractivity contribution in [2.45, 2.75) is 77.7 Å². The second-order valence-corrected chi connectivity index (χ2v) is 19.2. The number of amides is 3. The molecule has 9 rings (SSSR count). The number of anilines is 2. The van der Waals surface area contributed by atoms with Crippen molar-refractivity contribution in [3.8, 4) is 11.3 Å². The Morgan fingerprint density at radius 1 is 0.761 bits per heavy atom. The van der Waals surface area contributed by atoms with Gasteiger partial charge in [-0.3, -0.25) is 19.4 Å². The van der Waals surface area contributed by atoms with Crippen LogP contribution in [-0.4, -0.2) is 95.2 Å². The largest absolute Gasteiger partial charge is 0.379 e. The van der Waals surface area contributed by atoms with Crippen LogP contribution in [0.15, 0.2) is 85.1 Å². The predicted octanol–water partition coefficient (Wildman–Crippen LogP) is 8.45. The van der Waals surface area contributed by atoms with Gasteiger partial charge in [-0.15, -0.1) is 0 Å². The molecule has 67 heavy (non-hydrogen) atoms. The molecule has 4 aromatic rings. The van der Waals surface area contributed by atoms with Crippen LogP contribution in [0.2, 0.25) is 0 Å². The Kier molecular flexibility index (Phi) is 15.3. The summed E-state index contributed by atoms with van der Waals surface area (Å²) in [6, 6.07) is 25.6. The minimum Gasteiger partial charge on any atom is -0.379 e. The van der Waals surface area contributed by atoms with E-state index in [1.807, 2.05) is 54.6 Å². The van der Waals surface area contributed by atoms with Gasteiger partial charge in [0.25, 0.3) is 11.8 Å². The summed E-state index contributed by atoms with van der Waals surface area (Å²) in [6.45, 7) is 10.5. The summed E-state index contributed by atoms with van der Waals surface area (Å²) in [5.41, 5.74) is 8.16. The van der Waals surface area contributed by atoms with Crippen molar-refractivity contribution in [1.82, 2.24) is 15.6 Å². The number of hydrogen-bond donors (Lipinski definition) is 3. The van der Waals surface area contributed by atoms with Gasteiger partial charge in [-0.05, 0) is 160 Å². The molecule has 5 unspecified atom stereocenters. The van der Waals surface area contributed by atoms with Gasteiger partial charge in [0.1, 0.15) is 0 Å². The van der Waals surface area contributed by atoms with E-state index in [2.05, 4.69) is 52.9 Å². The van der Waals surface area contributed by atoms with Crippen molar-refractivity contribution in [3.63, 3.8) is 0 Å². The van der Waals surface area contributed by atoms with E-state index in [1.165, 1.54) is 30.4 Å². The van der Waals surface area contributed by atoms with E-state index in [0.29, 0.717) is 93.2 Å². The molecule has 7 atom stereocenters. The molecule has 356 valence electrons. The summed E-state index contributed by atoms with van der Waals surface area (Å²) in [4.78, 5) is 47.3. The van der Waals surface area contributed by atoms with Crippen LogP contribution in [0.3, 0.4) is 0 Å². The van der Waals surface area contributed by atoms with E-state index in [4.69, 9.17) is 23.9 Å². The highest BCUT2D eigenvalue weighted by molar-refractivity contribution is 6.06. The molecule has 12 nitrogen and oxygen atoms in total. The minimum atomic E-state index is -0.221. The predicted molar refractivity (Wildman–Crippen MR) is 260 cm³/mol. The van der Waals surface area contributed by atoms with E-state index in [0.717, 1.165) is 86.2 Å². The van der Waals surface area contributed by atoms with Crippen LogP contribution < -0.4 is 20.9 Å². The van der Waals surface area contributed by atoms with Gasteiger partial charge in [0.2, 0.25) is 5.91 Å². The summed E-state index contributed by atoms with van der Waals surface area (Å²) in [5.74, 6) is 3.46. The lowest BCUT2D eigenvalue weighted by Crippen LogP contribution is -2.57. The minimum absolute atomic E-state index is 0.0399. The van der Waals surface area contributed by atoms with Gasteiger partial charge in [-0.2, -0.15) is 0 Å². The first-order valence-electron chi connectivity index (χ1n) is 25.1. The molecule has 12 heteroatoms. The number of aryl methyl sites for hydroxylation is 2. The Hall–Kier alpha value is -5.14. The number of carbonyl (C=O) groups is 3. The zero-order valence-electron chi connectivity index (χ0n) is 39.4. The molecule has 3 aromatic carbocycles. The number of nitrogens with one attached hydrogen (secondary N) is 3. The second-order valence-electron chi connectivity index (χ2n) is 19.2. The number of benzene rings is 3. The number of fused-ring (bicyclic) bond motifs is 1. The Balaban J connectivity index is 0.665. The standard InChI is InChI=1S/C55H69N5O7/c1-3-60(4-2)43-17-18-50(46(35-43)51-31-40(19-20-56-51)53(62)58-49-16-8-13-38-12-5-6-15-44(38)49)59-52(61)39-14-7-10-37(30-39)11-9-22-64-24-26-66-28-29-67-27-25-65-23-21-57-54(63)47-36-55-41-32-42(55)34-48(55)45(47)33-41/h5-7,10,12,14-15,17-20,30-31,35,41-42,45,47-49H,3-4,8-9,11,13,16,21-29,32-34,36H2,1-2H3,(H,57,63)(H,58,62)(H,59,61)/t41?,42?,45-,47?,48?,49-,55?/m0/s1. The number of hydrogen-bond acceptors (Lipinski definition) is 9. The number of carbonyl (C=O) groups excluding carboxylic acids is 3. The van der Waals surface area contributed by atoms with Crippen LogP contribution in [0, 0.1) is 35.0 Å². The lowest BCUT2D eigenvalue weighted by Gasteiger charge is -2.63. The first-order chi connectivity index (χ1) is 32.9. The average molecular weight is 912 g/mol. The molecule has 5 aliphatic carbocycles. The summed E-state index contributed by atoms with van der Waals surface area (Å²) in [5, 5.41) is 9.56. The molecule has 1 spiro atoms. The Morgan fingerprint density at radius 3 is 2.28 bits per heavy atom. The summed E-state index contributed by atoms with van der Waals surface area (Å²) < 4.78 is 22.8. The molecular formula is C55H69N5O7. The maximum atomic E-state index is 13.8. The number of ether oxygens (including phenoxy) is 4. The lowest BCUT2D eigenvalue weighted by atomic mass is 9.41. The Bertz CT molecular complexity index is 2350. The summed E-state index contributed by atoms with van der Waals surface area (Å²) >= 11 is 0. The van der Waals surface area contributed by atoms with Crippen LogP contribution in [0.5, 0.6) is 0 Å². The quantitative estimate of drug-likeness (QED) is 0.0559. The van der Waals surface area contributed by atoms with Crippen LogP contribution in [0.25, 0.3) is 11.3 Å². The zero-order valence-corrected chi connectivity index (χ0v) is 39.4. The monoisotopic (exact) mass is 912 g/mol. The molecule has 4 saturated carbocycles. The van der Waals surface area contributed by atoms with E-state index < -0.39 is 0 Å². The number of rotatable bonds is 25. The maximum absolute atomic E-state index is 13.8. The van der Waals surface area contributed by atoms with Crippen molar-refractivity contribution < 1.29 is 33.3 Å². The molecule has 0 aliphatic heterocycles. The van der Waals surface area contributed by atoms with E-state index in [-0.39, 0.29) is 29.7 Å². The normalized spacial score (nSPS) is 23.9. The Labute approximate surface area is 396 Å². The van der Waals surface area contributed by atoms with Crippen LogP contribution in [-0.2, 0) is 36.6 Å². The highest BCUT2D eigenvalue weighted by Crippen LogP contribution is 2.83. The van der Waals surface area contributed by atoms with Crippen LogP contribution >= 0.6 is 0 Å². The van der Waals surface area contributed by atoms with E-state index in [9.17, 15) is 14.4 Å². The van der Waals surface area contributed by atoms with Crippen molar-refractivity contribution in [1.29, 1.82) is 0 Å². The fraction of sp³-hybridized carbons (Fsp3) is 0.527. The van der Waals surface area contributed by atoms with E-state index >= 15 is 0 Å². The fourth-order valence-corrected chi connectivity index (χ4v) is 12.5. The van der Waals surface area contributed by atoms with Crippen molar-refractivity contribution in [2.75, 3.05) is 82.7 Å². The van der Waals surface area contributed by atoms with Crippen LogP contribution in [0.4, 0.5) is 11.4 Å². The van der Waals surface area contributed by atoms with Gasteiger partial charge in [0.15, 0.2) is 0 Å². The highest BCUT2D eigenvalue weighted by Gasteiger charge is 2.77. The molecule has 2 bridgehead atoms. The smallest absolute Gasteiger partial charge is 0.255 e. The van der Waals surface area contributed by atoms with Gasteiger partial charge in [-0.25, -0.2) is 0 Å². The molecule has 0 radical (unpaired) electrons. The zero-order chi connectivity index (χ0) is 46.2. The number of pyridine rings is 1. The van der Waals surface area contributed by atoms with Crippen LogP contribution in [0.1, 0.15) is 102 Å². The third-order valence-corrected chi connectivity index (χ3v) is 15.8. The molecule has 3 N–H and O–H groups in total. The first kappa shape index (κ1) is 46.9. The van der Waals surface area contributed by atoms with Crippen molar-refractivity contribution in [3.05, 3.63) is 113 Å². The molecule has 5 aliphatic rings. The van der Waals surface area contributed by atoms with Gasteiger partial charge in [0, 0.05) is 60.7 Å². The average Bonchev–Trinajstić information content (AvgIpc) is 3.60. The molecule has 3 amide bonds. The lowest BCUT2D eigenvalue weighted by molar-refractivity contribution is -0.154. The van der Waals surface area contributed by atoms with Gasteiger partial charge in [0.05, 0.1) is 63.7 Å². The molecule has 0 saturated heterocycles. The SMILES string of the molecule is CCN(CC)c1ccc(NC(=O)c2cccc(CCCOCCOCCOCCOCCNC(=O)C3CC45C6CC4C[C@@H]3C5C6)c2)c(-c2cc(C(=O)N[C@H]3CCCc4ccccc43)ccn2)c1. The third kappa shape index (κ3) is 10.3. The van der Waals surface area contributed by atoms with Gasteiger partial charge < -0.3 is 39.8 Å². The molecule has 1 aromatic heterocycles. The second kappa shape index (κ2) is 21.9. The molecule has 1 heterocycles. The highest BCUT2D eigenvalue weighted by atomic mass is 16.6. The molecular weight excluding hydrogens is 843 g/mol. The van der Waals surface area contributed by atoms with E-state index in [1.54, 1.807) is 12.3 Å². The summed E-state index contributed by atoms with van der Waals surface area (Å²) in [7, 11) is 0. The topological polar surface area (TPSA) is 140 Å². The number of aromatic nitrogens is 1. The maximum Gasteiger partial charge on any atom is 0.255 e. The van der Waals surface area contributed by atoms with Crippen molar-refractivity contribution >= 4 is 29.1 Å². The summed E-state index contributed by atoms with van der Waals surface area (Å²) in [6.07, 6.45) is 11.4. The third-order valence-electron chi connectivity index (χ3n) is 15.8. The fourth-order valence-electron chi connectivity index (χ4n) is 12.5. The Morgan fingerprint density at radius 2 is 1.51 bits per heavy atom. The molecule has 4 fully saturated rings. The number of nitrogens with zero attached hydrogens (tertiary/aromatic N) is 2. The van der Waals surface area contributed by atoms with Gasteiger partial charge >= 0.3 is 0 Å².